The first-order valence-electron chi connectivity index (χ1n) is 11.8. The van der Waals surface area contributed by atoms with Crippen LogP contribution in [0.15, 0.2) is 36.4 Å². The molecule has 4 aliphatic rings. The van der Waals surface area contributed by atoms with Crippen LogP contribution < -0.4 is 14.4 Å². The molecular weight excluding hydrogens is 470 g/mol. The van der Waals surface area contributed by atoms with Crippen LogP contribution in [-0.4, -0.2) is 60.0 Å². The van der Waals surface area contributed by atoms with Crippen molar-refractivity contribution < 1.29 is 33.5 Å². The first-order chi connectivity index (χ1) is 17.2. The average Bonchev–Trinajstić information content (AvgIpc) is 3.29. The largest absolute Gasteiger partial charge is 0.454 e. The number of piperazine rings is 1. The van der Waals surface area contributed by atoms with Crippen molar-refractivity contribution >= 4 is 23.3 Å². The fraction of sp³-hybridized carbons (Fsp3) is 0.440. The maximum atomic E-state index is 13.5. The Morgan fingerprint density at radius 2 is 1.78 bits per heavy atom. The summed E-state index contributed by atoms with van der Waals surface area (Å²) in [5.41, 5.74) is 0.624. The Hall–Kier alpha value is -3.86. The number of nitro benzene ring substituents is 1. The number of non-ortho nitro benzene ring substituents is 1. The fourth-order valence-corrected chi connectivity index (χ4v) is 5.67. The number of fused-ring (bicyclic) bond motifs is 5. The van der Waals surface area contributed by atoms with E-state index in [9.17, 15) is 19.7 Å². The predicted octanol–water partition coefficient (Wildman–Crippen LogP) is 2.39. The van der Waals surface area contributed by atoms with Crippen LogP contribution in [0.3, 0.4) is 0 Å². The number of rotatable bonds is 3. The van der Waals surface area contributed by atoms with E-state index in [1.165, 1.54) is 26.0 Å². The van der Waals surface area contributed by atoms with Gasteiger partial charge in [-0.2, -0.15) is 0 Å². The number of cyclic esters (lactones) is 2. The van der Waals surface area contributed by atoms with Gasteiger partial charge < -0.3 is 23.8 Å². The number of anilines is 1. The van der Waals surface area contributed by atoms with E-state index in [1.807, 2.05) is 23.1 Å². The number of nitrogens with zero attached hydrogens (tertiary/aromatic N) is 3. The molecule has 0 bridgehead atoms. The lowest BCUT2D eigenvalue weighted by molar-refractivity contribution is -0.384. The quantitative estimate of drug-likeness (QED) is 0.272. The van der Waals surface area contributed by atoms with Gasteiger partial charge in [-0.05, 0) is 29.3 Å². The van der Waals surface area contributed by atoms with Crippen molar-refractivity contribution in [1.29, 1.82) is 0 Å². The van der Waals surface area contributed by atoms with Gasteiger partial charge in [0.05, 0.1) is 11.0 Å². The standard InChI is InChI=1S/C25H25N3O8/c1-24(2)35-22(29)25(23(30)36-24)11-16-10-17(28(31)32)4-5-18(16)27-8-7-26(13-21(25)27)12-15-3-6-19-20(9-15)34-14-33-19/h3-6,9-10,21H,7-8,11-14H2,1-2H3. The molecule has 0 N–H and O–H groups in total. The van der Waals surface area contributed by atoms with E-state index in [1.54, 1.807) is 6.07 Å². The Labute approximate surface area is 206 Å². The van der Waals surface area contributed by atoms with E-state index in [0.717, 1.165) is 11.3 Å². The molecular formula is C25H25N3O8. The van der Waals surface area contributed by atoms with E-state index >= 15 is 0 Å². The first kappa shape index (κ1) is 22.6. The first-order valence-corrected chi connectivity index (χ1v) is 11.8. The second-order valence-electron chi connectivity index (χ2n) is 10.0. The number of hydrogen-bond donors (Lipinski definition) is 0. The lowest BCUT2D eigenvalue weighted by atomic mass is 9.69. The maximum absolute atomic E-state index is 13.5. The van der Waals surface area contributed by atoms with E-state index < -0.39 is 34.1 Å². The number of hydrogen-bond acceptors (Lipinski definition) is 10. The molecule has 6 rings (SSSR count). The molecule has 11 heteroatoms. The van der Waals surface area contributed by atoms with Crippen molar-refractivity contribution in [2.45, 2.75) is 38.6 Å². The molecule has 0 aromatic heterocycles. The van der Waals surface area contributed by atoms with Gasteiger partial charge in [0.15, 0.2) is 16.9 Å². The average molecular weight is 495 g/mol. The molecule has 1 unspecified atom stereocenters. The predicted molar refractivity (Wildman–Crippen MR) is 124 cm³/mol. The van der Waals surface area contributed by atoms with Crippen LogP contribution in [0.4, 0.5) is 11.4 Å². The zero-order valence-electron chi connectivity index (χ0n) is 19.9. The minimum Gasteiger partial charge on any atom is -0.454 e. The Balaban J connectivity index is 1.37. The minimum absolute atomic E-state index is 0.0310. The molecule has 11 nitrogen and oxygen atoms in total. The van der Waals surface area contributed by atoms with Gasteiger partial charge in [-0.25, -0.2) is 0 Å². The Bertz CT molecular complexity index is 1270. The van der Waals surface area contributed by atoms with Crippen molar-refractivity contribution in [2.75, 3.05) is 31.3 Å². The molecule has 0 saturated carbocycles. The van der Waals surface area contributed by atoms with E-state index in [-0.39, 0.29) is 18.9 Å². The van der Waals surface area contributed by atoms with Crippen molar-refractivity contribution in [2.24, 2.45) is 5.41 Å². The maximum Gasteiger partial charge on any atom is 0.329 e. The lowest BCUT2D eigenvalue weighted by Gasteiger charge is -2.54. The summed E-state index contributed by atoms with van der Waals surface area (Å²) in [4.78, 5) is 42.2. The second-order valence-corrected chi connectivity index (χ2v) is 10.0. The van der Waals surface area contributed by atoms with Crippen molar-refractivity contribution in [3.63, 3.8) is 0 Å². The van der Waals surface area contributed by atoms with Gasteiger partial charge in [0.25, 0.3) is 11.5 Å². The third kappa shape index (κ3) is 3.45. The number of nitro groups is 1. The molecule has 0 aliphatic carbocycles. The smallest absolute Gasteiger partial charge is 0.329 e. The van der Waals surface area contributed by atoms with Crippen LogP contribution in [0.1, 0.15) is 25.0 Å². The zero-order chi connectivity index (χ0) is 25.2. The Kier molecular flexibility index (Phi) is 4.91. The van der Waals surface area contributed by atoms with Gasteiger partial charge >= 0.3 is 11.9 Å². The highest BCUT2D eigenvalue weighted by atomic mass is 16.7. The van der Waals surface area contributed by atoms with Gasteiger partial charge in [0, 0.05) is 64.3 Å². The van der Waals surface area contributed by atoms with Crippen LogP contribution in [0.25, 0.3) is 0 Å². The van der Waals surface area contributed by atoms with E-state index in [0.29, 0.717) is 43.2 Å². The number of ether oxygens (including phenoxy) is 4. The molecule has 2 saturated heterocycles. The number of carbonyl (C=O) groups is 2. The molecule has 1 spiro atoms. The van der Waals surface area contributed by atoms with Crippen LogP contribution >= 0.6 is 0 Å². The molecule has 4 heterocycles. The molecule has 0 amide bonds. The van der Waals surface area contributed by atoms with Crippen molar-refractivity contribution in [3.05, 3.63) is 57.6 Å². The van der Waals surface area contributed by atoms with E-state index in [2.05, 4.69) is 4.90 Å². The van der Waals surface area contributed by atoms with Crippen LogP contribution in [0.5, 0.6) is 11.5 Å². The third-order valence-corrected chi connectivity index (χ3v) is 7.33. The normalized spacial score (nSPS) is 23.5. The fourth-order valence-electron chi connectivity index (χ4n) is 5.67. The molecule has 0 radical (unpaired) electrons. The summed E-state index contributed by atoms with van der Waals surface area (Å²) in [5.74, 6) is -1.32. The van der Waals surface area contributed by atoms with Gasteiger partial charge in [0.2, 0.25) is 6.79 Å². The summed E-state index contributed by atoms with van der Waals surface area (Å²) in [7, 11) is 0. The number of carbonyl (C=O) groups excluding carboxylic acids is 2. The minimum atomic E-state index is -1.63. The summed E-state index contributed by atoms with van der Waals surface area (Å²) in [6.07, 6.45) is -0.0310. The van der Waals surface area contributed by atoms with Crippen LogP contribution in [0.2, 0.25) is 0 Å². The SMILES string of the molecule is CC1(C)OC(=O)C2(Cc3cc([N+](=O)[O-])ccc3N3CCN(Cc4ccc5c(c4)OCO5)CC32)C(=O)O1. The highest BCUT2D eigenvalue weighted by Gasteiger charge is 2.64. The molecule has 2 fully saturated rings. The molecule has 2 aromatic carbocycles. The molecule has 36 heavy (non-hydrogen) atoms. The topological polar surface area (TPSA) is 121 Å². The highest BCUT2D eigenvalue weighted by molar-refractivity contribution is 6.04. The van der Waals surface area contributed by atoms with Gasteiger partial charge in [0.1, 0.15) is 0 Å². The van der Waals surface area contributed by atoms with Crippen LogP contribution in [-0.2, 0) is 32.0 Å². The summed E-state index contributed by atoms with van der Waals surface area (Å²) in [6.45, 7) is 5.39. The van der Waals surface area contributed by atoms with Crippen LogP contribution in [0, 0.1) is 15.5 Å². The third-order valence-electron chi connectivity index (χ3n) is 7.33. The zero-order valence-corrected chi connectivity index (χ0v) is 19.9. The summed E-state index contributed by atoms with van der Waals surface area (Å²) in [5, 5.41) is 11.4. The summed E-state index contributed by atoms with van der Waals surface area (Å²) in [6, 6.07) is 9.80. The van der Waals surface area contributed by atoms with Crippen molar-refractivity contribution in [1.82, 2.24) is 4.90 Å². The molecule has 188 valence electrons. The number of esters is 2. The highest BCUT2D eigenvalue weighted by Crippen LogP contribution is 2.48. The number of benzene rings is 2. The Morgan fingerprint density at radius 3 is 2.53 bits per heavy atom. The lowest BCUT2D eigenvalue weighted by Crippen LogP contribution is -2.70. The summed E-state index contributed by atoms with van der Waals surface area (Å²) < 4.78 is 22.1. The monoisotopic (exact) mass is 495 g/mol. The Morgan fingerprint density at radius 1 is 1.03 bits per heavy atom. The van der Waals surface area contributed by atoms with E-state index in [4.69, 9.17) is 18.9 Å². The van der Waals surface area contributed by atoms with Gasteiger partial charge in [-0.3, -0.25) is 24.6 Å². The second kappa shape index (κ2) is 7.82. The molecule has 4 aliphatic heterocycles. The van der Waals surface area contributed by atoms with Gasteiger partial charge in [-0.15, -0.1) is 0 Å². The summed E-state index contributed by atoms with van der Waals surface area (Å²) >= 11 is 0. The van der Waals surface area contributed by atoms with Gasteiger partial charge in [-0.1, -0.05) is 6.07 Å². The molecule has 2 aromatic rings. The molecule has 1 atom stereocenters. The van der Waals surface area contributed by atoms with Crippen molar-refractivity contribution in [3.8, 4) is 11.5 Å².